The van der Waals surface area contributed by atoms with Gasteiger partial charge >= 0.3 is 0 Å². The van der Waals surface area contributed by atoms with Crippen molar-refractivity contribution in [2.24, 2.45) is 0 Å². The van der Waals surface area contributed by atoms with Crippen LogP contribution in [-0.2, 0) is 11.3 Å². The van der Waals surface area contributed by atoms with Gasteiger partial charge in [0.05, 0.1) is 0 Å². The Bertz CT molecular complexity index is 604. The summed E-state index contributed by atoms with van der Waals surface area (Å²) in [7, 11) is 0. The highest BCUT2D eigenvalue weighted by molar-refractivity contribution is 5.76. The number of hydrogen-bond donors (Lipinski definition) is 2. The molecular formula is C14H13FN2O3. The van der Waals surface area contributed by atoms with Crippen LogP contribution in [0.25, 0.3) is 0 Å². The summed E-state index contributed by atoms with van der Waals surface area (Å²) >= 11 is 0. The zero-order valence-electron chi connectivity index (χ0n) is 10.5. The summed E-state index contributed by atoms with van der Waals surface area (Å²) in [6.45, 7) is -0.418. The van der Waals surface area contributed by atoms with E-state index in [1.165, 1.54) is 24.4 Å². The summed E-state index contributed by atoms with van der Waals surface area (Å²) < 4.78 is 18.6. The van der Waals surface area contributed by atoms with Crippen molar-refractivity contribution in [3.63, 3.8) is 0 Å². The second-order valence-corrected chi connectivity index (χ2v) is 3.96. The molecule has 0 saturated carbocycles. The molecule has 1 aromatic carbocycles. The van der Waals surface area contributed by atoms with E-state index < -0.39 is 18.3 Å². The molecule has 0 bridgehead atoms. The lowest BCUT2D eigenvalue weighted by Crippen LogP contribution is -2.25. The number of benzene rings is 1. The Kier molecular flexibility index (Phi) is 4.62. The maximum absolute atomic E-state index is 13.1. The largest absolute Gasteiger partial charge is 0.439 e. The minimum Gasteiger partial charge on any atom is -0.439 e. The van der Waals surface area contributed by atoms with Crippen molar-refractivity contribution in [1.29, 1.82) is 0 Å². The van der Waals surface area contributed by atoms with Crippen LogP contribution in [0.5, 0.6) is 11.6 Å². The fraction of sp³-hybridized carbons (Fsp3) is 0.143. The van der Waals surface area contributed by atoms with Crippen molar-refractivity contribution in [2.45, 2.75) is 6.54 Å². The molecule has 2 N–H and O–H groups in total. The maximum atomic E-state index is 13.1. The predicted molar refractivity (Wildman–Crippen MR) is 69.6 cm³/mol. The lowest BCUT2D eigenvalue weighted by atomic mass is 10.2. The van der Waals surface area contributed by atoms with Crippen LogP contribution < -0.4 is 10.1 Å². The summed E-state index contributed by atoms with van der Waals surface area (Å²) in [5.41, 5.74) is 0.624. The number of aromatic nitrogens is 1. The average molecular weight is 276 g/mol. The topological polar surface area (TPSA) is 71.5 Å². The third-order valence-electron chi connectivity index (χ3n) is 2.48. The molecule has 1 amide bonds. The van der Waals surface area contributed by atoms with Crippen molar-refractivity contribution in [2.75, 3.05) is 6.61 Å². The van der Waals surface area contributed by atoms with Gasteiger partial charge in [0.1, 0.15) is 18.2 Å². The van der Waals surface area contributed by atoms with Crippen LogP contribution in [0.15, 0.2) is 42.6 Å². The monoisotopic (exact) mass is 276 g/mol. The van der Waals surface area contributed by atoms with Crippen LogP contribution in [0.2, 0.25) is 0 Å². The molecule has 0 aliphatic rings. The van der Waals surface area contributed by atoms with Gasteiger partial charge in [0.25, 0.3) is 0 Å². The number of ether oxygens (including phenoxy) is 1. The van der Waals surface area contributed by atoms with Crippen LogP contribution in [0.3, 0.4) is 0 Å². The first kappa shape index (κ1) is 14.0. The molecule has 5 nitrogen and oxygen atoms in total. The van der Waals surface area contributed by atoms with Gasteiger partial charge in [-0.1, -0.05) is 12.1 Å². The number of aliphatic hydroxyl groups excluding tert-OH is 1. The Morgan fingerprint density at radius 1 is 1.35 bits per heavy atom. The van der Waals surface area contributed by atoms with Crippen molar-refractivity contribution < 1.29 is 19.0 Å². The van der Waals surface area contributed by atoms with E-state index in [4.69, 9.17) is 9.84 Å². The standard InChI is InChI=1S/C14H13FN2O3/c15-11-4-1-5-12(7-11)20-14-10(3-2-6-16-14)8-17-13(19)9-18/h1-7,18H,8-9H2,(H,17,19). The third kappa shape index (κ3) is 3.76. The van der Waals surface area contributed by atoms with Gasteiger partial charge < -0.3 is 15.2 Å². The van der Waals surface area contributed by atoms with Crippen molar-refractivity contribution in [1.82, 2.24) is 10.3 Å². The van der Waals surface area contributed by atoms with E-state index in [0.717, 1.165) is 0 Å². The number of rotatable bonds is 5. The number of nitrogens with zero attached hydrogens (tertiary/aromatic N) is 1. The lowest BCUT2D eigenvalue weighted by Gasteiger charge is -2.10. The molecule has 2 aromatic rings. The quantitative estimate of drug-likeness (QED) is 0.870. The minimum absolute atomic E-state index is 0.165. The summed E-state index contributed by atoms with van der Waals surface area (Å²) in [5.74, 6) is -0.311. The van der Waals surface area contributed by atoms with Crippen LogP contribution in [0, 0.1) is 5.82 Å². The van der Waals surface area contributed by atoms with Gasteiger partial charge in [-0.25, -0.2) is 9.37 Å². The summed E-state index contributed by atoms with van der Waals surface area (Å²) in [6, 6.07) is 9.10. The number of halogens is 1. The zero-order valence-corrected chi connectivity index (χ0v) is 10.5. The highest BCUT2D eigenvalue weighted by atomic mass is 19.1. The molecule has 0 spiro atoms. The second kappa shape index (κ2) is 6.63. The van der Waals surface area contributed by atoms with E-state index in [-0.39, 0.29) is 12.4 Å². The Labute approximate surface area is 115 Å². The first-order chi connectivity index (χ1) is 9.69. The zero-order chi connectivity index (χ0) is 14.4. The Hall–Kier alpha value is -2.47. The molecule has 1 heterocycles. The van der Waals surface area contributed by atoms with Crippen LogP contribution in [0.1, 0.15) is 5.56 Å². The van der Waals surface area contributed by atoms with E-state index in [1.807, 2.05) is 0 Å². The van der Waals surface area contributed by atoms with Gasteiger partial charge in [-0.15, -0.1) is 0 Å². The van der Waals surface area contributed by atoms with E-state index >= 15 is 0 Å². The molecule has 0 fully saturated rings. The number of carbonyl (C=O) groups is 1. The summed E-state index contributed by atoms with van der Waals surface area (Å²) in [6.07, 6.45) is 1.53. The maximum Gasteiger partial charge on any atom is 0.245 e. The van der Waals surface area contributed by atoms with Crippen molar-refractivity contribution in [3.8, 4) is 11.6 Å². The molecule has 2 rings (SSSR count). The number of carbonyl (C=O) groups excluding carboxylic acids is 1. The summed E-state index contributed by atoms with van der Waals surface area (Å²) in [4.78, 5) is 15.1. The molecule has 0 saturated heterocycles. The molecule has 20 heavy (non-hydrogen) atoms. The van der Waals surface area contributed by atoms with Gasteiger partial charge in [-0.05, 0) is 18.2 Å². The molecular weight excluding hydrogens is 263 g/mol. The van der Waals surface area contributed by atoms with E-state index in [0.29, 0.717) is 11.3 Å². The van der Waals surface area contributed by atoms with Crippen LogP contribution in [0.4, 0.5) is 4.39 Å². The third-order valence-corrected chi connectivity index (χ3v) is 2.48. The van der Waals surface area contributed by atoms with E-state index in [1.54, 1.807) is 18.2 Å². The second-order valence-electron chi connectivity index (χ2n) is 3.96. The number of pyridine rings is 1. The van der Waals surface area contributed by atoms with Gasteiger partial charge in [0.15, 0.2) is 0 Å². The fourth-order valence-electron chi connectivity index (χ4n) is 1.54. The predicted octanol–water partition coefficient (Wildman–Crippen LogP) is 1.62. The molecule has 1 aromatic heterocycles. The first-order valence-corrected chi connectivity index (χ1v) is 5.94. The Morgan fingerprint density at radius 3 is 2.95 bits per heavy atom. The molecule has 0 unspecified atom stereocenters. The van der Waals surface area contributed by atoms with Crippen molar-refractivity contribution >= 4 is 5.91 Å². The number of amides is 1. The van der Waals surface area contributed by atoms with Crippen molar-refractivity contribution in [3.05, 3.63) is 54.0 Å². The van der Waals surface area contributed by atoms with Gasteiger partial charge in [0, 0.05) is 24.4 Å². The SMILES string of the molecule is O=C(CO)NCc1cccnc1Oc1cccc(F)c1. The molecule has 0 atom stereocenters. The highest BCUT2D eigenvalue weighted by Gasteiger charge is 2.08. The highest BCUT2D eigenvalue weighted by Crippen LogP contribution is 2.23. The minimum atomic E-state index is -0.583. The van der Waals surface area contributed by atoms with Gasteiger partial charge in [-0.2, -0.15) is 0 Å². The number of aliphatic hydroxyl groups is 1. The Balaban J connectivity index is 2.13. The van der Waals surface area contributed by atoms with Gasteiger partial charge in [-0.3, -0.25) is 4.79 Å². The lowest BCUT2D eigenvalue weighted by molar-refractivity contribution is -0.123. The fourth-order valence-corrected chi connectivity index (χ4v) is 1.54. The van der Waals surface area contributed by atoms with E-state index in [2.05, 4.69) is 10.3 Å². The smallest absolute Gasteiger partial charge is 0.245 e. The van der Waals surface area contributed by atoms with Crippen LogP contribution in [-0.4, -0.2) is 22.6 Å². The van der Waals surface area contributed by atoms with E-state index in [9.17, 15) is 9.18 Å². The Morgan fingerprint density at radius 2 is 2.20 bits per heavy atom. The van der Waals surface area contributed by atoms with Crippen LogP contribution >= 0.6 is 0 Å². The number of nitrogens with one attached hydrogen (secondary N) is 1. The molecule has 104 valence electrons. The molecule has 0 aliphatic carbocycles. The van der Waals surface area contributed by atoms with Gasteiger partial charge in [0.2, 0.25) is 11.8 Å². The molecule has 0 radical (unpaired) electrons. The average Bonchev–Trinajstić information content (AvgIpc) is 2.46. The summed E-state index contributed by atoms with van der Waals surface area (Å²) in [5, 5.41) is 11.2. The normalized spacial score (nSPS) is 10.1. The first-order valence-electron chi connectivity index (χ1n) is 5.94. The number of hydrogen-bond acceptors (Lipinski definition) is 4. The molecule has 0 aliphatic heterocycles. The molecule has 6 heteroatoms.